The van der Waals surface area contributed by atoms with Gasteiger partial charge in [-0.1, -0.05) is 87.2 Å². The summed E-state index contributed by atoms with van der Waals surface area (Å²) >= 11 is 0. The molecule has 63 heavy (non-hydrogen) atoms. The second-order valence-electron chi connectivity index (χ2n) is 18.6. The maximum absolute atomic E-state index is 13.3. The summed E-state index contributed by atoms with van der Waals surface area (Å²) in [7, 11) is -0.310. The number of nitrogens with zero attached hydrogens (tertiary/aromatic N) is 3. The number of likely N-dealkylation sites (tertiary alicyclic amines) is 2. The number of hydrogen-bond donors (Lipinski definition) is 6. The number of nitrogens with one attached hydrogen (secondary N) is 5. The Balaban J connectivity index is 0.000000228. The van der Waals surface area contributed by atoms with Gasteiger partial charge >= 0.3 is 13.1 Å². The highest BCUT2D eigenvalue weighted by Gasteiger charge is 2.31. The Morgan fingerprint density at radius 1 is 0.619 bits per heavy atom. The van der Waals surface area contributed by atoms with E-state index >= 15 is 0 Å². The molecule has 11 nitrogen and oxygen atoms in total. The maximum atomic E-state index is 13.3. The van der Waals surface area contributed by atoms with Gasteiger partial charge < -0.3 is 46.2 Å². The first kappa shape index (κ1) is 51.4. The lowest BCUT2D eigenvalue weighted by Crippen LogP contribution is -2.54. The molecule has 0 saturated carbocycles. The van der Waals surface area contributed by atoms with Crippen LogP contribution in [0.25, 0.3) is 0 Å². The summed E-state index contributed by atoms with van der Waals surface area (Å²) < 4.78 is 0. The Labute approximate surface area is 382 Å². The Hall–Kier alpha value is -4.26. The molecule has 0 radical (unpaired) electrons. The van der Waals surface area contributed by atoms with Crippen LogP contribution in [0, 0.1) is 26.7 Å². The number of aryl methyl sites for hydroxylation is 3. The van der Waals surface area contributed by atoms with Crippen LogP contribution in [0.1, 0.15) is 109 Å². The molecule has 12 heteroatoms. The lowest BCUT2D eigenvalue weighted by atomic mass is 9.82. The van der Waals surface area contributed by atoms with E-state index in [0.29, 0.717) is 30.5 Å². The van der Waals surface area contributed by atoms with Crippen LogP contribution in [0.3, 0.4) is 0 Å². The molecule has 7 rings (SSSR count). The molecular weight excluding hydrogens is 783 g/mol. The summed E-state index contributed by atoms with van der Waals surface area (Å²) in [5.74, 6) is 0.421. The third kappa shape index (κ3) is 18.4. The van der Waals surface area contributed by atoms with Gasteiger partial charge in [0.1, 0.15) is 6.04 Å². The van der Waals surface area contributed by atoms with Crippen molar-refractivity contribution in [3.8, 4) is 0 Å². The number of piperidine rings is 3. The summed E-state index contributed by atoms with van der Waals surface area (Å²) in [6.07, 6.45) is 11.7. The lowest BCUT2D eigenvalue weighted by Gasteiger charge is -2.36. The molecule has 4 heterocycles. The number of hydrogen-bond acceptors (Lipinski definition) is 8. The molecule has 4 aliphatic rings. The van der Waals surface area contributed by atoms with Crippen molar-refractivity contribution in [2.45, 2.75) is 144 Å². The molecule has 3 aromatic rings. The summed E-state index contributed by atoms with van der Waals surface area (Å²) in [4.78, 5) is 32.1. The summed E-state index contributed by atoms with van der Waals surface area (Å²) in [6, 6.07) is 26.7. The molecule has 0 aromatic heterocycles. The van der Waals surface area contributed by atoms with Gasteiger partial charge in [0.05, 0.1) is 0 Å². The van der Waals surface area contributed by atoms with Crippen LogP contribution in [0.4, 0.5) is 21.9 Å². The maximum Gasteiger partial charge on any atom is 0.376 e. The van der Waals surface area contributed by atoms with Gasteiger partial charge in [0.15, 0.2) is 0 Å². The van der Waals surface area contributed by atoms with Crippen molar-refractivity contribution in [1.82, 2.24) is 25.2 Å². The third-order valence-corrected chi connectivity index (χ3v) is 12.7. The van der Waals surface area contributed by atoms with Gasteiger partial charge in [-0.3, -0.25) is 4.79 Å². The fraction of sp³-hybridized carbons (Fsp3) is 0.608. The third-order valence-electron chi connectivity index (χ3n) is 12.7. The zero-order chi connectivity index (χ0) is 44.3. The number of urea groups is 1. The molecular formula is C51H83BN8O3. The first-order valence-electron chi connectivity index (χ1n) is 23.9. The van der Waals surface area contributed by atoms with Crippen molar-refractivity contribution in [2.75, 3.05) is 68.3 Å². The number of anilines is 3. The Morgan fingerprint density at radius 2 is 1.02 bits per heavy atom. The van der Waals surface area contributed by atoms with E-state index in [-0.39, 0.29) is 26.4 Å². The Morgan fingerprint density at radius 3 is 1.41 bits per heavy atom. The largest absolute Gasteiger partial charge is 0.437 e. The van der Waals surface area contributed by atoms with Crippen LogP contribution in [-0.4, -0.2) is 115 Å². The van der Waals surface area contributed by atoms with Crippen LogP contribution < -0.4 is 26.6 Å². The highest BCUT2D eigenvalue weighted by Crippen LogP contribution is 2.21. The van der Waals surface area contributed by atoms with Crippen LogP contribution >= 0.6 is 0 Å². The highest BCUT2D eigenvalue weighted by atomic mass is 16.2. The molecule has 4 aliphatic heterocycles. The van der Waals surface area contributed by atoms with Crippen LogP contribution in [0.15, 0.2) is 72.8 Å². The fourth-order valence-electron chi connectivity index (χ4n) is 8.71. The van der Waals surface area contributed by atoms with E-state index in [4.69, 9.17) is 0 Å². The van der Waals surface area contributed by atoms with E-state index in [9.17, 15) is 14.6 Å². The molecule has 4 fully saturated rings. The first-order chi connectivity index (χ1) is 29.9. The van der Waals surface area contributed by atoms with Gasteiger partial charge in [-0.25, -0.2) is 4.79 Å². The molecule has 0 spiro atoms. The van der Waals surface area contributed by atoms with Crippen LogP contribution in [0.2, 0.25) is 6.82 Å². The van der Waals surface area contributed by atoms with Crippen molar-refractivity contribution in [1.29, 1.82) is 0 Å². The van der Waals surface area contributed by atoms with Crippen molar-refractivity contribution in [3.05, 3.63) is 89.5 Å². The van der Waals surface area contributed by atoms with Gasteiger partial charge in [0.25, 0.3) is 0 Å². The number of carbonyl (C=O) groups is 2. The van der Waals surface area contributed by atoms with E-state index in [1.807, 2.05) is 16.6 Å². The second-order valence-corrected chi connectivity index (χ2v) is 18.6. The standard InChI is InChI=1S/C25H40N4O2.C13H21BN2O.C12H18N2.CH4/c1-19(2)18-23(27-25(31)29-14-6-4-5-7-15-29)24(30)28-16-12-22(13-17-28)26-21-10-8-20(3)9-11-21;1-11-3-5-12(6-4-11)15-13-7-9-16(10-8-13)14(2)17;1-10-2-4-11(5-3-10)14-12-6-8-13-9-7-12;/h8-11,19,22-23,26H,4-7,12-18H2,1-3H3,(H,27,31);3-6,13,15,17H,7-10H2,1-2H3;2-5,12-14H,6-9H2,1H3;1H4/t23-;;;/m0.../s1. The summed E-state index contributed by atoms with van der Waals surface area (Å²) in [6.45, 7) is 19.7. The molecule has 1 atom stereocenters. The molecule has 3 aromatic carbocycles. The Bertz CT molecular complexity index is 1710. The highest BCUT2D eigenvalue weighted by molar-refractivity contribution is 6.45. The number of carbonyl (C=O) groups excluding carboxylic acids is 2. The lowest BCUT2D eigenvalue weighted by molar-refractivity contribution is -0.134. The van der Waals surface area contributed by atoms with Crippen molar-refractivity contribution in [2.24, 2.45) is 5.92 Å². The predicted molar refractivity (Wildman–Crippen MR) is 267 cm³/mol. The van der Waals surface area contributed by atoms with Gasteiger partial charge in [-0.05, 0) is 154 Å². The normalized spacial score (nSPS) is 18.3. The molecule has 6 N–H and O–H groups in total. The molecule has 0 unspecified atom stereocenters. The van der Waals surface area contributed by atoms with Gasteiger partial charge in [-0.2, -0.15) is 0 Å². The zero-order valence-electron chi connectivity index (χ0n) is 38.9. The average molecular weight is 867 g/mol. The summed E-state index contributed by atoms with van der Waals surface area (Å²) in [5.41, 5.74) is 7.45. The molecule has 3 amide bonds. The SMILES string of the molecule is C.CB(O)N1CCC(Nc2ccc(C)cc2)CC1.Cc1ccc(NC2CCN(C(=O)[C@H](CC(C)C)NC(=O)N3CCCCCC3)CC2)cc1.Cc1ccc(NC2CCNCC2)cc1. The predicted octanol–water partition coefficient (Wildman–Crippen LogP) is 9.17. The first-order valence-corrected chi connectivity index (χ1v) is 23.9. The van der Waals surface area contributed by atoms with Gasteiger partial charge in [-0.15, -0.1) is 0 Å². The van der Waals surface area contributed by atoms with Crippen LogP contribution in [0.5, 0.6) is 0 Å². The number of benzene rings is 3. The van der Waals surface area contributed by atoms with E-state index in [2.05, 4.69) is 139 Å². The van der Waals surface area contributed by atoms with Gasteiger partial charge in [0.2, 0.25) is 5.91 Å². The smallest absolute Gasteiger partial charge is 0.376 e. The van der Waals surface area contributed by atoms with E-state index in [1.54, 1.807) is 0 Å². The molecule has 0 bridgehead atoms. The van der Waals surface area contributed by atoms with E-state index in [0.717, 1.165) is 96.6 Å². The van der Waals surface area contributed by atoms with Crippen LogP contribution in [-0.2, 0) is 4.79 Å². The monoisotopic (exact) mass is 867 g/mol. The topological polar surface area (TPSA) is 124 Å². The molecule has 348 valence electrons. The quantitative estimate of drug-likeness (QED) is 0.106. The minimum atomic E-state index is -0.433. The molecule has 4 saturated heterocycles. The van der Waals surface area contributed by atoms with Gasteiger partial charge in [0, 0.05) is 61.4 Å². The van der Waals surface area contributed by atoms with Crippen molar-refractivity contribution >= 4 is 36.1 Å². The second kappa shape index (κ2) is 27.2. The zero-order valence-corrected chi connectivity index (χ0v) is 38.9. The molecule has 0 aliphatic carbocycles. The van der Waals surface area contributed by atoms with Crippen molar-refractivity contribution in [3.63, 3.8) is 0 Å². The minimum Gasteiger partial charge on any atom is -0.437 e. The van der Waals surface area contributed by atoms with E-state index in [1.165, 1.54) is 53.7 Å². The van der Waals surface area contributed by atoms with Crippen molar-refractivity contribution < 1.29 is 14.6 Å². The fourth-order valence-corrected chi connectivity index (χ4v) is 8.71. The average Bonchev–Trinajstić information content (AvgIpc) is 3.57. The Kier molecular flexibility index (Phi) is 22.1. The minimum absolute atomic E-state index is 0. The summed E-state index contributed by atoms with van der Waals surface area (Å²) in [5, 5.41) is 26.7. The number of amides is 3. The van der Waals surface area contributed by atoms with E-state index < -0.39 is 6.04 Å². The number of rotatable bonds is 11.